The Kier molecular flexibility index (Phi) is 10.6. The van der Waals surface area contributed by atoms with E-state index >= 15 is 0 Å². The first-order valence-corrected chi connectivity index (χ1v) is 19.0. The van der Waals surface area contributed by atoms with E-state index in [2.05, 4.69) is 223 Å². The summed E-state index contributed by atoms with van der Waals surface area (Å²) in [5.74, 6) is 2.59. The number of nitrogens with zero attached hydrogens (tertiary/aromatic N) is 1. The van der Waals surface area contributed by atoms with Gasteiger partial charge in [0.15, 0.2) is 0 Å². The molecule has 0 radical (unpaired) electrons. The lowest BCUT2D eigenvalue weighted by atomic mass is 9.99. The van der Waals surface area contributed by atoms with Crippen LogP contribution in [0.5, 0.6) is 0 Å². The molecule has 56 heavy (non-hydrogen) atoms. The average Bonchev–Trinajstić information content (AvgIpc) is 3.28. The van der Waals surface area contributed by atoms with Gasteiger partial charge in [-0.2, -0.15) is 0 Å². The Balaban J connectivity index is 1.09. The highest BCUT2D eigenvalue weighted by Gasteiger charge is 2.14. The molecular weight excluding hydrogens is 675 g/mol. The van der Waals surface area contributed by atoms with Gasteiger partial charge in [0.25, 0.3) is 0 Å². The quantitative estimate of drug-likeness (QED) is 0.101. The third-order valence-corrected chi connectivity index (χ3v) is 10.2. The first kappa shape index (κ1) is 35.6. The zero-order chi connectivity index (χ0) is 38.1. The summed E-state index contributed by atoms with van der Waals surface area (Å²) >= 11 is 0. The Labute approximate surface area is 331 Å². The number of allylic oxidation sites excluding steroid dienone is 4. The van der Waals surface area contributed by atoms with Crippen molar-refractivity contribution in [2.45, 2.75) is 6.92 Å². The zero-order valence-electron chi connectivity index (χ0n) is 31.4. The molecule has 1 heteroatoms. The van der Waals surface area contributed by atoms with Gasteiger partial charge in [0.05, 0.1) is 0 Å². The molecule has 0 N–H and O–H groups in total. The smallest absolute Gasteiger partial charge is 0.0462 e. The fraction of sp³-hybridized carbons (Fsp3) is 0.0182. The summed E-state index contributed by atoms with van der Waals surface area (Å²) in [5, 5.41) is 0. The molecule has 266 valence electrons. The van der Waals surface area contributed by atoms with Crippen LogP contribution in [0.4, 0.5) is 17.1 Å². The molecule has 8 aromatic rings. The van der Waals surface area contributed by atoms with Gasteiger partial charge < -0.3 is 4.90 Å². The number of rotatable bonds is 10. The van der Waals surface area contributed by atoms with Crippen molar-refractivity contribution >= 4 is 22.6 Å². The maximum Gasteiger partial charge on any atom is 0.0462 e. The summed E-state index contributed by atoms with van der Waals surface area (Å²) in [7, 11) is 0. The van der Waals surface area contributed by atoms with Crippen LogP contribution in [0.15, 0.2) is 224 Å². The van der Waals surface area contributed by atoms with Crippen LogP contribution in [-0.4, -0.2) is 0 Å². The minimum atomic E-state index is 1.08. The molecule has 0 aliphatic rings. The van der Waals surface area contributed by atoms with Gasteiger partial charge in [-0.3, -0.25) is 0 Å². The van der Waals surface area contributed by atoms with Gasteiger partial charge >= 0.3 is 0 Å². The molecule has 0 heterocycles. The Morgan fingerprint density at radius 1 is 0.375 bits per heavy atom. The molecule has 0 spiro atoms. The first-order chi connectivity index (χ1) is 27.7. The molecular formula is C55H41N. The molecule has 0 aromatic heterocycles. The van der Waals surface area contributed by atoms with Crippen LogP contribution in [-0.2, 0) is 0 Å². The molecule has 0 unspecified atom stereocenters. The van der Waals surface area contributed by atoms with E-state index < -0.39 is 0 Å². The van der Waals surface area contributed by atoms with Crippen molar-refractivity contribution in [1.82, 2.24) is 0 Å². The van der Waals surface area contributed by atoms with Gasteiger partial charge in [-0.1, -0.05) is 182 Å². The van der Waals surface area contributed by atoms with Crippen LogP contribution < -0.4 is 4.90 Å². The van der Waals surface area contributed by atoms with Crippen molar-refractivity contribution in [1.29, 1.82) is 0 Å². The Morgan fingerprint density at radius 2 is 0.643 bits per heavy atom. The maximum atomic E-state index is 5.45. The number of benzene rings is 8. The second-order valence-electron chi connectivity index (χ2n) is 13.7. The highest BCUT2D eigenvalue weighted by molar-refractivity contribution is 5.82. The molecule has 1 nitrogen and oxygen atoms in total. The predicted molar refractivity (Wildman–Crippen MR) is 240 cm³/mol. The second kappa shape index (κ2) is 16.7. The number of anilines is 3. The molecule has 8 rings (SSSR count). The van der Waals surface area contributed by atoms with Gasteiger partial charge in [-0.25, -0.2) is 0 Å². The molecule has 0 fully saturated rings. The van der Waals surface area contributed by atoms with Gasteiger partial charge in [0, 0.05) is 17.1 Å². The lowest BCUT2D eigenvalue weighted by Gasteiger charge is -2.26. The topological polar surface area (TPSA) is 3.24 Å². The summed E-state index contributed by atoms with van der Waals surface area (Å²) in [6, 6.07) is 73.9. The second-order valence-corrected chi connectivity index (χ2v) is 13.7. The monoisotopic (exact) mass is 715 g/mol. The summed E-state index contributed by atoms with van der Waals surface area (Å²) in [4.78, 5) is 2.33. The Bertz CT molecular complexity index is 2480. The summed E-state index contributed by atoms with van der Waals surface area (Å²) in [6.45, 7) is 2.03. The molecule has 8 aromatic carbocycles. The number of hydrogen-bond donors (Lipinski definition) is 0. The van der Waals surface area contributed by atoms with Crippen LogP contribution in [0.25, 0.3) is 61.2 Å². The van der Waals surface area contributed by atoms with Crippen molar-refractivity contribution in [3.8, 4) is 68.0 Å². The molecule has 0 aliphatic heterocycles. The van der Waals surface area contributed by atoms with Gasteiger partial charge in [-0.05, 0) is 122 Å². The molecule has 0 bridgehead atoms. The third kappa shape index (κ3) is 7.92. The fourth-order valence-corrected chi connectivity index (χ4v) is 7.18. The SMILES string of the molecule is C#CC=CC(=CC)c1ccc(-c2ccc(N(c3ccc(-c4ccc(-c5ccccc5)cc4)cc3)c3ccc(-c4ccc(-c5ccccc5)cc4)cc3)cc2)cc1. The van der Waals surface area contributed by atoms with Gasteiger partial charge in [0.2, 0.25) is 0 Å². The van der Waals surface area contributed by atoms with Crippen LogP contribution >= 0.6 is 0 Å². The van der Waals surface area contributed by atoms with Crippen LogP contribution in [0.3, 0.4) is 0 Å². The number of terminal acetylenes is 1. The normalized spacial score (nSPS) is 11.3. The van der Waals surface area contributed by atoms with Crippen LogP contribution in [0.1, 0.15) is 12.5 Å². The molecule has 0 aliphatic carbocycles. The fourth-order valence-electron chi connectivity index (χ4n) is 7.18. The lowest BCUT2D eigenvalue weighted by Crippen LogP contribution is -2.09. The summed E-state index contributed by atoms with van der Waals surface area (Å²) < 4.78 is 0. The summed E-state index contributed by atoms with van der Waals surface area (Å²) in [6.07, 6.45) is 11.2. The van der Waals surface area contributed by atoms with Crippen LogP contribution in [0.2, 0.25) is 0 Å². The molecule has 0 saturated carbocycles. The van der Waals surface area contributed by atoms with Gasteiger partial charge in [-0.15, -0.1) is 6.42 Å². The molecule has 0 saturated heterocycles. The Morgan fingerprint density at radius 3 is 0.929 bits per heavy atom. The number of hydrogen-bond acceptors (Lipinski definition) is 1. The van der Waals surface area contributed by atoms with E-state index in [9.17, 15) is 0 Å². The van der Waals surface area contributed by atoms with Crippen molar-refractivity contribution < 1.29 is 0 Å². The van der Waals surface area contributed by atoms with E-state index in [-0.39, 0.29) is 0 Å². The van der Waals surface area contributed by atoms with E-state index in [1.807, 2.05) is 13.0 Å². The summed E-state index contributed by atoms with van der Waals surface area (Å²) in [5.41, 5.74) is 17.4. The van der Waals surface area contributed by atoms with E-state index in [1.165, 1.54) is 44.5 Å². The van der Waals surface area contributed by atoms with Crippen molar-refractivity contribution in [2.24, 2.45) is 0 Å². The van der Waals surface area contributed by atoms with E-state index in [4.69, 9.17) is 6.42 Å². The van der Waals surface area contributed by atoms with E-state index in [1.54, 1.807) is 6.08 Å². The first-order valence-electron chi connectivity index (χ1n) is 19.0. The zero-order valence-corrected chi connectivity index (χ0v) is 31.4. The lowest BCUT2D eigenvalue weighted by molar-refractivity contribution is 1.28. The largest absolute Gasteiger partial charge is 0.311 e. The predicted octanol–water partition coefficient (Wildman–Crippen LogP) is 15.1. The Hall–Kier alpha value is -7.40. The van der Waals surface area contributed by atoms with Gasteiger partial charge in [0.1, 0.15) is 0 Å². The van der Waals surface area contributed by atoms with Crippen molar-refractivity contribution in [3.05, 3.63) is 230 Å². The van der Waals surface area contributed by atoms with E-state index in [0.717, 1.165) is 39.3 Å². The average molecular weight is 716 g/mol. The van der Waals surface area contributed by atoms with Crippen LogP contribution in [0, 0.1) is 12.3 Å². The maximum absolute atomic E-state index is 5.45. The highest BCUT2D eigenvalue weighted by Crippen LogP contribution is 2.38. The minimum Gasteiger partial charge on any atom is -0.311 e. The van der Waals surface area contributed by atoms with Crippen molar-refractivity contribution in [2.75, 3.05) is 4.90 Å². The molecule has 0 amide bonds. The van der Waals surface area contributed by atoms with Crippen molar-refractivity contribution in [3.63, 3.8) is 0 Å². The highest BCUT2D eigenvalue weighted by atomic mass is 15.1. The standard InChI is InChI=1S/C55H41N/c1-3-5-12-41(4-2)44-17-19-47(20-18-44)50-29-35-53(36-30-50)56(54-37-31-51(32-38-54)48-25-21-45(22-26-48)42-13-8-6-9-14-42)55-39-33-52(34-40-55)49-27-23-46(24-28-49)43-15-10-7-11-16-43/h1,4-40H,2H3. The third-order valence-electron chi connectivity index (χ3n) is 10.2. The molecule has 0 atom stereocenters. The van der Waals surface area contributed by atoms with E-state index in [0.29, 0.717) is 0 Å². The minimum absolute atomic E-state index is 1.08.